The molecule has 9 nitrogen and oxygen atoms in total. The highest BCUT2D eigenvalue weighted by Gasteiger charge is 2.24. The molecule has 2 rings (SSSR count). The van der Waals surface area contributed by atoms with Crippen molar-refractivity contribution in [3.8, 4) is 5.75 Å². The molecule has 164 valence electrons. The number of nitrogens with one attached hydrogen (secondary N) is 2. The fourth-order valence-corrected chi connectivity index (χ4v) is 2.67. The molecular weight excluding hydrogens is 404 g/mol. The SMILES string of the molecule is C[C@H](/C=C/C(=O)NO)[C@H](OC(=O)NC(=O)c1ccccc1)c1ccc(OCCO)cc1. The molecule has 0 spiro atoms. The molecule has 0 aliphatic carbocycles. The van der Waals surface area contributed by atoms with Crippen LogP contribution in [0.4, 0.5) is 4.79 Å². The Labute approximate surface area is 179 Å². The molecular formula is C22H24N2O7. The van der Waals surface area contributed by atoms with Crippen LogP contribution in [0.2, 0.25) is 0 Å². The van der Waals surface area contributed by atoms with Crippen LogP contribution < -0.4 is 15.5 Å². The van der Waals surface area contributed by atoms with E-state index in [4.69, 9.17) is 19.8 Å². The van der Waals surface area contributed by atoms with Gasteiger partial charge in [0.25, 0.3) is 11.8 Å². The van der Waals surface area contributed by atoms with Gasteiger partial charge in [-0.05, 0) is 29.8 Å². The average Bonchev–Trinajstić information content (AvgIpc) is 2.80. The molecule has 0 fully saturated rings. The number of carbonyl (C=O) groups excluding carboxylic acids is 3. The number of hydrogen-bond acceptors (Lipinski definition) is 7. The number of hydrogen-bond donors (Lipinski definition) is 4. The van der Waals surface area contributed by atoms with Crippen LogP contribution in [0.15, 0.2) is 66.7 Å². The fourth-order valence-electron chi connectivity index (χ4n) is 2.67. The summed E-state index contributed by atoms with van der Waals surface area (Å²) in [5, 5.41) is 19.7. The van der Waals surface area contributed by atoms with Crippen LogP contribution in [-0.4, -0.2) is 41.4 Å². The van der Waals surface area contributed by atoms with Gasteiger partial charge in [0.1, 0.15) is 18.5 Å². The molecule has 0 saturated carbocycles. The van der Waals surface area contributed by atoms with Crippen molar-refractivity contribution in [2.45, 2.75) is 13.0 Å². The Morgan fingerprint density at radius 1 is 1.06 bits per heavy atom. The van der Waals surface area contributed by atoms with Gasteiger partial charge >= 0.3 is 6.09 Å². The molecule has 0 saturated heterocycles. The highest BCUT2D eigenvalue weighted by Crippen LogP contribution is 2.29. The number of benzene rings is 2. The second-order valence-corrected chi connectivity index (χ2v) is 6.48. The molecule has 0 aromatic heterocycles. The van der Waals surface area contributed by atoms with E-state index in [1.54, 1.807) is 61.5 Å². The third-order valence-corrected chi connectivity index (χ3v) is 4.19. The molecule has 2 aromatic carbocycles. The lowest BCUT2D eigenvalue weighted by atomic mass is 9.96. The summed E-state index contributed by atoms with van der Waals surface area (Å²) in [5.41, 5.74) is 2.37. The van der Waals surface area contributed by atoms with Crippen LogP contribution in [0.1, 0.15) is 28.9 Å². The number of imide groups is 1. The van der Waals surface area contributed by atoms with E-state index in [-0.39, 0.29) is 13.2 Å². The number of hydroxylamine groups is 1. The standard InChI is InChI=1S/C22H24N2O7/c1-15(7-12-19(26)24-29)20(16-8-10-18(11-9-16)30-14-13-25)31-22(28)23-21(27)17-5-3-2-4-6-17/h2-12,15,20,25,29H,13-14H2,1H3,(H,24,26)(H,23,27,28)/b12-7+/t15-,20+/m1/s1. The Kier molecular flexibility index (Phi) is 9.21. The molecule has 4 N–H and O–H groups in total. The summed E-state index contributed by atoms with van der Waals surface area (Å²) in [4.78, 5) is 35.9. The van der Waals surface area contributed by atoms with E-state index in [2.05, 4.69) is 5.32 Å². The van der Waals surface area contributed by atoms with Gasteiger partial charge in [-0.15, -0.1) is 0 Å². The van der Waals surface area contributed by atoms with Crippen molar-refractivity contribution in [2.24, 2.45) is 5.92 Å². The van der Waals surface area contributed by atoms with Crippen LogP contribution >= 0.6 is 0 Å². The zero-order chi connectivity index (χ0) is 22.6. The molecule has 0 aliphatic rings. The van der Waals surface area contributed by atoms with Gasteiger partial charge in [0.2, 0.25) is 0 Å². The minimum absolute atomic E-state index is 0.127. The zero-order valence-corrected chi connectivity index (χ0v) is 16.9. The van der Waals surface area contributed by atoms with E-state index in [1.165, 1.54) is 11.6 Å². The number of aliphatic hydroxyl groups excluding tert-OH is 1. The van der Waals surface area contributed by atoms with Crippen LogP contribution in [-0.2, 0) is 9.53 Å². The minimum Gasteiger partial charge on any atom is -0.491 e. The van der Waals surface area contributed by atoms with Gasteiger partial charge in [0, 0.05) is 17.6 Å². The zero-order valence-electron chi connectivity index (χ0n) is 16.9. The first-order chi connectivity index (χ1) is 14.9. The van der Waals surface area contributed by atoms with Crippen molar-refractivity contribution < 1.29 is 34.2 Å². The number of ether oxygens (including phenoxy) is 2. The van der Waals surface area contributed by atoms with Crippen LogP contribution in [0, 0.1) is 5.92 Å². The molecule has 2 atom stereocenters. The van der Waals surface area contributed by atoms with Crippen molar-refractivity contribution >= 4 is 17.9 Å². The highest BCUT2D eigenvalue weighted by atomic mass is 16.6. The van der Waals surface area contributed by atoms with Crippen LogP contribution in [0.5, 0.6) is 5.75 Å². The van der Waals surface area contributed by atoms with Gasteiger partial charge in [0.15, 0.2) is 0 Å². The smallest absolute Gasteiger partial charge is 0.414 e. The molecule has 3 amide bonds. The van der Waals surface area contributed by atoms with Crippen LogP contribution in [0.3, 0.4) is 0 Å². The number of alkyl carbamates (subject to hydrolysis) is 1. The molecule has 0 aliphatic heterocycles. The lowest BCUT2D eigenvalue weighted by molar-refractivity contribution is -0.124. The normalized spacial score (nSPS) is 12.6. The predicted octanol–water partition coefficient (Wildman–Crippen LogP) is 2.36. The quantitative estimate of drug-likeness (QED) is 0.274. The number of aliphatic hydroxyl groups is 1. The lowest BCUT2D eigenvalue weighted by Gasteiger charge is -2.23. The van der Waals surface area contributed by atoms with Gasteiger partial charge in [-0.2, -0.15) is 0 Å². The largest absolute Gasteiger partial charge is 0.491 e. The first-order valence-electron chi connectivity index (χ1n) is 9.47. The topological polar surface area (TPSA) is 134 Å². The second kappa shape index (κ2) is 12.1. The maximum atomic E-state index is 12.4. The first kappa shape index (κ1) is 23.6. The Bertz CT molecular complexity index is 898. The summed E-state index contributed by atoms with van der Waals surface area (Å²) in [6.07, 6.45) is 0.760. The third-order valence-electron chi connectivity index (χ3n) is 4.19. The van der Waals surface area contributed by atoms with E-state index in [0.29, 0.717) is 16.9 Å². The first-order valence-corrected chi connectivity index (χ1v) is 9.47. The summed E-state index contributed by atoms with van der Waals surface area (Å²) < 4.78 is 10.8. The molecule has 31 heavy (non-hydrogen) atoms. The van der Waals surface area contributed by atoms with Gasteiger partial charge in [-0.3, -0.25) is 20.1 Å². The summed E-state index contributed by atoms with van der Waals surface area (Å²) >= 11 is 0. The molecule has 9 heteroatoms. The van der Waals surface area contributed by atoms with E-state index in [9.17, 15) is 14.4 Å². The number of rotatable bonds is 9. The van der Waals surface area contributed by atoms with Crippen LogP contribution in [0.25, 0.3) is 0 Å². The van der Waals surface area contributed by atoms with E-state index < -0.39 is 29.9 Å². The number of carbonyl (C=O) groups is 3. The fraction of sp³-hybridized carbons (Fsp3) is 0.227. The van der Waals surface area contributed by atoms with E-state index in [0.717, 1.165) is 6.08 Å². The molecule has 0 bridgehead atoms. The molecule has 0 radical (unpaired) electrons. The highest BCUT2D eigenvalue weighted by molar-refractivity contribution is 6.02. The maximum Gasteiger partial charge on any atom is 0.414 e. The summed E-state index contributed by atoms with van der Waals surface area (Å²) in [5.74, 6) is -1.32. The summed E-state index contributed by atoms with van der Waals surface area (Å²) in [7, 11) is 0. The third kappa shape index (κ3) is 7.57. The van der Waals surface area contributed by atoms with Crippen molar-refractivity contribution in [3.05, 3.63) is 77.9 Å². The monoisotopic (exact) mass is 428 g/mol. The molecule has 0 heterocycles. The van der Waals surface area contributed by atoms with E-state index >= 15 is 0 Å². The van der Waals surface area contributed by atoms with Crippen molar-refractivity contribution in [3.63, 3.8) is 0 Å². The Morgan fingerprint density at radius 2 is 1.74 bits per heavy atom. The van der Waals surface area contributed by atoms with Gasteiger partial charge in [0.05, 0.1) is 6.61 Å². The second-order valence-electron chi connectivity index (χ2n) is 6.48. The van der Waals surface area contributed by atoms with Crippen molar-refractivity contribution in [2.75, 3.05) is 13.2 Å². The average molecular weight is 428 g/mol. The van der Waals surface area contributed by atoms with Gasteiger partial charge in [-0.25, -0.2) is 10.3 Å². The molecule has 0 unspecified atom stereocenters. The van der Waals surface area contributed by atoms with Gasteiger partial charge in [-0.1, -0.05) is 43.3 Å². The summed E-state index contributed by atoms with van der Waals surface area (Å²) in [6, 6.07) is 14.8. The Balaban J connectivity index is 2.16. The maximum absolute atomic E-state index is 12.4. The van der Waals surface area contributed by atoms with Crippen molar-refractivity contribution in [1.82, 2.24) is 10.8 Å². The summed E-state index contributed by atoms with van der Waals surface area (Å²) in [6.45, 7) is 1.71. The Morgan fingerprint density at radius 3 is 2.35 bits per heavy atom. The Hall–Kier alpha value is -3.69. The lowest BCUT2D eigenvalue weighted by Crippen LogP contribution is -2.33. The van der Waals surface area contributed by atoms with Gasteiger partial charge < -0.3 is 14.6 Å². The van der Waals surface area contributed by atoms with Crippen molar-refractivity contribution in [1.29, 1.82) is 0 Å². The van der Waals surface area contributed by atoms with E-state index in [1.807, 2.05) is 0 Å². The predicted molar refractivity (Wildman–Crippen MR) is 110 cm³/mol. The minimum atomic E-state index is -0.952. The number of amides is 3. The molecule has 2 aromatic rings.